The predicted octanol–water partition coefficient (Wildman–Crippen LogP) is 4.78. The zero-order chi connectivity index (χ0) is 26.7. The molecule has 0 unspecified atom stereocenters. The zero-order valence-electron chi connectivity index (χ0n) is 21.7. The minimum absolute atomic E-state index is 0.103. The van der Waals surface area contributed by atoms with Crippen LogP contribution in [0, 0.1) is 0 Å². The molecule has 0 saturated heterocycles. The van der Waals surface area contributed by atoms with E-state index in [2.05, 4.69) is 5.32 Å². The van der Waals surface area contributed by atoms with Crippen LogP contribution in [0.2, 0.25) is 5.02 Å². The van der Waals surface area contributed by atoms with Gasteiger partial charge in [0.1, 0.15) is 6.04 Å². The Morgan fingerprint density at radius 1 is 1.03 bits per heavy atom. The summed E-state index contributed by atoms with van der Waals surface area (Å²) in [4.78, 5) is 27.6. The molecule has 2 aromatic carbocycles. The second-order valence-corrected chi connectivity index (χ2v) is 11.3. The van der Waals surface area contributed by atoms with Gasteiger partial charge in [-0.25, -0.2) is 8.42 Å². The fraction of sp³-hybridized carbons (Fsp3) is 0.481. The van der Waals surface area contributed by atoms with Gasteiger partial charge in [0.15, 0.2) is 0 Å². The van der Waals surface area contributed by atoms with Crippen molar-refractivity contribution in [1.29, 1.82) is 0 Å². The molecule has 0 aromatic heterocycles. The Kier molecular flexibility index (Phi) is 11.7. The van der Waals surface area contributed by atoms with Gasteiger partial charge in [0.05, 0.1) is 11.9 Å². The van der Waals surface area contributed by atoms with E-state index in [4.69, 9.17) is 11.6 Å². The molecule has 9 heteroatoms. The number of carbonyl (C=O) groups is 2. The third kappa shape index (κ3) is 9.13. The highest BCUT2D eigenvalue weighted by Gasteiger charge is 2.26. The molecule has 2 rings (SSSR count). The lowest BCUT2D eigenvalue weighted by molar-refractivity contribution is -0.140. The van der Waals surface area contributed by atoms with Gasteiger partial charge in [-0.05, 0) is 61.6 Å². The predicted molar refractivity (Wildman–Crippen MR) is 147 cm³/mol. The van der Waals surface area contributed by atoms with Crippen molar-refractivity contribution in [2.45, 2.75) is 65.5 Å². The SMILES string of the molecule is CCCCNC(=O)[C@H](C)N(Cc1cccc(Cl)c1)C(=O)CCCN(c1ccc(CC)cc1)S(C)(=O)=O. The number of amides is 2. The zero-order valence-corrected chi connectivity index (χ0v) is 23.2. The van der Waals surface area contributed by atoms with Gasteiger partial charge >= 0.3 is 0 Å². The van der Waals surface area contributed by atoms with E-state index >= 15 is 0 Å². The largest absolute Gasteiger partial charge is 0.354 e. The maximum absolute atomic E-state index is 13.3. The molecule has 36 heavy (non-hydrogen) atoms. The molecule has 0 aliphatic rings. The van der Waals surface area contributed by atoms with Gasteiger partial charge in [-0.1, -0.05) is 56.1 Å². The molecule has 1 atom stereocenters. The van der Waals surface area contributed by atoms with Gasteiger partial charge in [-0.15, -0.1) is 0 Å². The summed E-state index contributed by atoms with van der Waals surface area (Å²) in [6, 6.07) is 13.9. The van der Waals surface area contributed by atoms with E-state index in [1.807, 2.05) is 32.0 Å². The molecule has 0 spiro atoms. The Balaban J connectivity index is 2.14. The van der Waals surface area contributed by atoms with E-state index in [9.17, 15) is 18.0 Å². The lowest BCUT2D eigenvalue weighted by Gasteiger charge is -2.29. The van der Waals surface area contributed by atoms with Crippen molar-refractivity contribution in [2.75, 3.05) is 23.7 Å². The van der Waals surface area contributed by atoms with Gasteiger partial charge in [0, 0.05) is 31.1 Å². The van der Waals surface area contributed by atoms with E-state index in [0.29, 0.717) is 23.7 Å². The minimum Gasteiger partial charge on any atom is -0.354 e. The number of sulfonamides is 1. The van der Waals surface area contributed by atoms with Crippen molar-refractivity contribution in [3.8, 4) is 0 Å². The minimum atomic E-state index is -3.52. The van der Waals surface area contributed by atoms with Crippen LogP contribution in [0.4, 0.5) is 5.69 Å². The van der Waals surface area contributed by atoms with E-state index < -0.39 is 16.1 Å². The average molecular weight is 536 g/mol. The van der Waals surface area contributed by atoms with Crippen LogP contribution in [0.1, 0.15) is 57.6 Å². The van der Waals surface area contributed by atoms with Crippen LogP contribution in [0.5, 0.6) is 0 Å². The molecule has 7 nitrogen and oxygen atoms in total. The monoisotopic (exact) mass is 535 g/mol. The number of unbranched alkanes of at least 4 members (excludes halogenated alkanes) is 1. The van der Waals surface area contributed by atoms with Crippen LogP contribution in [-0.2, 0) is 32.6 Å². The number of anilines is 1. The van der Waals surface area contributed by atoms with Gasteiger partial charge in [0.2, 0.25) is 21.8 Å². The summed E-state index contributed by atoms with van der Waals surface area (Å²) in [7, 11) is -3.52. The van der Waals surface area contributed by atoms with Crippen molar-refractivity contribution in [2.24, 2.45) is 0 Å². The number of hydrogen-bond donors (Lipinski definition) is 1. The number of rotatable bonds is 14. The topological polar surface area (TPSA) is 86.8 Å². The third-order valence-electron chi connectivity index (χ3n) is 6.02. The standard InChI is InChI=1S/C27H38ClN3O4S/c1-5-7-17-29-27(33)21(3)30(20-23-10-8-11-24(28)19-23)26(32)12-9-18-31(36(4,34)35)25-15-13-22(6-2)14-16-25/h8,10-11,13-16,19,21H,5-7,9,12,17-18,20H2,1-4H3,(H,29,33)/t21-/m0/s1. The Morgan fingerprint density at radius 3 is 2.31 bits per heavy atom. The fourth-order valence-electron chi connectivity index (χ4n) is 3.85. The van der Waals surface area contributed by atoms with Gasteiger partial charge < -0.3 is 10.2 Å². The summed E-state index contributed by atoms with van der Waals surface area (Å²) in [5, 5.41) is 3.45. The van der Waals surface area contributed by atoms with Crippen LogP contribution in [0.15, 0.2) is 48.5 Å². The summed E-state index contributed by atoms with van der Waals surface area (Å²) >= 11 is 6.13. The molecular formula is C27H38ClN3O4S. The first-order chi connectivity index (χ1) is 17.1. The highest BCUT2D eigenvalue weighted by atomic mass is 35.5. The third-order valence-corrected chi connectivity index (χ3v) is 7.45. The smallest absolute Gasteiger partial charge is 0.242 e. The van der Waals surface area contributed by atoms with Crippen molar-refractivity contribution in [3.05, 3.63) is 64.7 Å². The van der Waals surface area contributed by atoms with Crippen LogP contribution in [-0.4, -0.2) is 50.5 Å². The quantitative estimate of drug-likeness (QED) is 0.353. The van der Waals surface area contributed by atoms with Gasteiger partial charge in [-0.2, -0.15) is 0 Å². The molecule has 2 aromatic rings. The van der Waals surface area contributed by atoms with Gasteiger partial charge in [0.25, 0.3) is 0 Å². The lowest BCUT2D eigenvalue weighted by atomic mass is 10.1. The fourth-order valence-corrected chi connectivity index (χ4v) is 5.03. The molecule has 0 saturated carbocycles. The molecule has 0 fully saturated rings. The summed E-state index contributed by atoms with van der Waals surface area (Å²) in [6.07, 6.45) is 4.26. The second kappa shape index (κ2) is 14.2. The Bertz CT molecular complexity index is 1110. The Labute approximate surface area is 220 Å². The van der Waals surface area contributed by atoms with Crippen LogP contribution in [0.3, 0.4) is 0 Å². The number of nitrogens with one attached hydrogen (secondary N) is 1. The molecular weight excluding hydrogens is 498 g/mol. The normalized spacial score (nSPS) is 12.1. The highest BCUT2D eigenvalue weighted by molar-refractivity contribution is 7.92. The van der Waals surface area contributed by atoms with Crippen molar-refractivity contribution >= 4 is 39.1 Å². The number of nitrogens with zero attached hydrogens (tertiary/aromatic N) is 2. The molecule has 198 valence electrons. The van der Waals surface area contributed by atoms with Crippen molar-refractivity contribution in [3.63, 3.8) is 0 Å². The Hall–Kier alpha value is -2.58. The summed E-state index contributed by atoms with van der Waals surface area (Å²) in [6.45, 7) is 6.74. The first-order valence-corrected chi connectivity index (χ1v) is 14.7. The summed E-state index contributed by atoms with van der Waals surface area (Å²) < 4.78 is 26.2. The first kappa shape index (κ1) is 29.6. The highest BCUT2D eigenvalue weighted by Crippen LogP contribution is 2.20. The maximum atomic E-state index is 13.3. The number of halogens is 1. The lowest BCUT2D eigenvalue weighted by Crippen LogP contribution is -2.48. The summed E-state index contributed by atoms with van der Waals surface area (Å²) in [5.74, 6) is -0.435. The summed E-state index contributed by atoms with van der Waals surface area (Å²) in [5.41, 5.74) is 2.50. The maximum Gasteiger partial charge on any atom is 0.242 e. The van der Waals surface area contributed by atoms with E-state index in [1.165, 1.54) is 9.21 Å². The Morgan fingerprint density at radius 2 is 1.72 bits per heavy atom. The van der Waals surface area contributed by atoms with Crippen molar-refractivity contribution < 1.29 is 18.0 Å². The second-order valence-electron chi connectivity index (χ2n) is 8.93. The van der Waals surface area contributed by atoms with E-state index in [1.54, 1.807) is 37.3 Å². The number of hydrogen-bond acceptors (Lipinski definition) is 4. The molecule has 0 aliphatic carbocycles. The van der Waals surface area contributed by atoms with Crippen molar-refractivity contribution in [1.82, 2.24) is 10.2 Å². The molecule has 0 radical (unpaired) electrons. The number of carbonyl (C=O) groups excluding carboxylic acids is 2. The molecule has 1 N–H and O–H groups in total. The number of aryl methyl sites for hydroxylation is 1. The van der Waals surface area contributed by atoms with Crippen LogP contribution < -0.4 is 9.62 Å². The van der Waals surface area contributed by atoms with E-state index in [0.717, 1.165) is 36.6 Å². The average Bonchev–Trinajstić information content (AvgIpc) is 2.84. The van der Waals surface area contributed by atoms with E-state index in [-0.39, 0.29) is 31.3 Å². The van der Waals surface area contributed by atoms with Gasteiger partial charge in [-0.3, -0.25) is 13.9 Å². The molecule has 0 heterocycles. The van der Waals surface area contributed by atoms with Crippen LogP contribution in [0.25, 0.3) is 0 Å². The van der Waals surface area contributed by atoms with Crippen LogP contribution >= 0.6 is 11.6 Å². The molecule has 0 bridgehead atoms. The number of benzene rings is 2. The molecule has 2 amide bonds. The first-order valence-electron chi connectivity index (χ1n) is 12.4. The molecule has 0 aliphatic heterocycles.